The number of nitrogens with two attached hydrogens (primary N) is 1. The van der Waals surface area contributed by atoms with E-state index in [1.165, 1.54) is 10.2 Å². The van der Waals surface area contributed by atoms with Crippen LogP contribution in [-0.2, 0) is 13.0 Å². The van der Waals surface area contributed by atoms with Crippen molar-refractivity contribution in [1.29, 1.82) is 5.26 Å². The molecule has 0 bridgehead atoms. The molecule has 0 saturated carbocycles. The molecule has 3 N–H and O–H groups in total. The van der Waals surface area contributed by atoms with Crippen molar-refractivity contribution in [3.63, 3.8) is 0 Å². The predicted octanol–water partition coefficient (Wildman–Crippen LogP) is 3.28. The van der Waals surface area contributed by atoms with E-state index < -0.39 is 5.91 Å². The summed E-state index contributed by atoms with van der Waals surface area (Å²) in [7, 11) is 0. The zero-order valence-corrected chi connectivity index (χ0v) is 21.8. The maximum Gasteiger partial charge on any atom is 0.277 e. The first-order valence-corrected chi connectivity index (χ1v) is 13.3. The number of carbonyl (C=O) groups excluding carboxylic acids is 2. The van der Waals surface area contributed by atoms with Crippen molar-refractivity contribution in [3.8, 4) is 22.9 Å². The van der Waals surface area contributed by atoms with Crippen LogP contribution in [0, 0.1) is 11.3 Å². The molecule has 0 spiro atoms. The van der Waals surface area contributed by atoms with E-state index in [2.05, 4.69) is 28.2 Å². The van der Waals surface area contributed by atoms with Gasteiger partial charge in [-0.15, -0.1) is 0 Å². The van der Waals surface area contributed by atoms with Crippen LogP contribution in [0.15, 0.2) is 72.8 Å². The molecule has 6 rings (SSSR count). The number of carbonyl (C=O) groups is 2. The fraction of sp³-hybridized carbons (Fsp3) is 0.226. The number of nitriles is 1. The second-order valence-corrected chi connectivity index (χ2v) is 10.2. The van der Waals surface area contributed by atoms with E-state index in [9.17, 15) is 20.0 Å². The minimum atomic E-state index is -0.587. The third-order valence-electron chi connectivity index (χ3n) is 7.65. The summed E-state index contributed by atoms with van der Waals surface area (Å²) in [5.74, 6) is -0.850. The van der Waals surface area contributed by atoms with Crippen LogP contribution in [0.25, 0.3) is 16.8 Å². The van der Waals surface area contributed by atoms with Gasteiger partial charge in [0.25, 0.3) is 5.91 Å². The maximum atomic E-state index is 13.8. The minimum absolute atomic E-state index is 0.199. The Kier molecular flexibility index (Phi) is 6.64. The highest BCUT2D eigenvalue weighted by Crippen LogP contribution is 2.32. The van der Waals surface area contributed by atoms with E-state index in [4.69, 9.17) is 5.73 Å². The number of hydrogen-bond acceptors (Lipinski definition) is 6. The second kappa shape index (κ2) is 10.4. The minimum Gasteiger partial charge on any atom is -0.392 e. The summed E-state index contributed by atoms with van der Waals surface area (Å²) < 4.78 is 1.44. The smallest absolute Gasteiger partial charge is 0.277 e. The number of aliphatic hydroxyl groups is 1. The molecule has 2 amide bonds. The molecule has 1 fully saturated rings. The number of anilines is 1. The van der Waals surface area contributed by atoms with Gasteiger partial charge in [-0.1, -0.05) is 42.5 Å². The van der Waals surface area contributed by atoms with Gasteiger partial charge in [-0.2, -0.15) is 10.4 Å². The number of nitrogens with zero attached hydrogens (tertiary/aromatic N) is 5. The number of benzene rings is 3. The zero-order valence-electron chi connectivity index (χ0n) is 21.8. The first-order chi connectivity index (χ1) is 19.4. The number of aromatic nitrogens is 2. The molecule has 0 aliphatic carbocycles. The highest BCUT2D eigenvalue weighted by molar-refractivity contribution is 6.08. The molecule has 3 heterocycles. The largest absolute Gasteiger partial charge is 0.392 e. The lowest BCUT2D eigenvalue weighted by Gasteiger charge is -2.28. The van der Waals surface area contributed by atoms with Crippen LogP contribution in [0.3, 0.4) is 0 Å². The predicted molar refractivity (Wildman–Crippen MR) is 150 cm³/mol. The fourth-order valence-corrected chi connectivity index (χ4v) is 5.63. The van der Waals surface area contributed by atoms with Crippen molar-refractivity contribution in [3.05, 3.63) is 101 Å². The first-order valence-electron chi connectivity index (χ1n) is 13.3. The molecule has 2 aliphatic rings. The summed E-state index contributed by atoms with van der Waals surface area (Å²) in [5.41, 5.74) is 11.4. The van der Waals surface area contributed by atoms with Gasteiger partial charge in [-0.25, -0.2) is 4.68 Å². The topological polar surface area (TPSA) is 128 Å². The number of β-amino-alcohol motifs (C(OH)–C–C–N with tert-alkyl or cyclic N) is 1. The summed E-state index contributed by atoms with van der Waals surface area (Å²) in [6, 6.07) is 24.8. The standard InChI is InChI=1S/C31H28N6O3/c32-17-28-27-13-15-36(31(40)29(27)37(34-28)24-6-3-5-21(16-24)30(33)39)23-10-8-20(9-11-23)26-7-2-1-4-22(26)18-35-14-12-25(38)19-35/h1-11,16,25,38H,12-15,18-19H2,(H2,33,39). The van der Waals surface area contributed by atoms with E-state index in [1.807, 2.05) is 36.4 Å². The number of likely N-dealkylation sites (tertiary alicyclic amines) is 1. The lowest BCUT2D eigenvalue weighted by molar-refractivity contribution is 0.0971. The van der Waals surface area contributed by atoms with E-state index in [-0.39, 0.29) is 23.3 Å². The molecule has 9 nitrogen and oxygen atoms in total. The Morgan fingerprint density at radius 1 is 1.05 bits per heavy atom. The summed E-state index contributed by atoms with van der Waals surface area (Å²) >= 11 is 0. The second-order valence-electron chi connectivity index (χ2n) is 10.2. The van der Waals surface area contributed by atoms with Gasteiger partial charge in [0.1, 0.15) is 11.8 Å². The molecule has 200 valence electrons. The van der Waals surface area contributed by atoms with Gasteiger partial charge in [0, 0.05) is 43.0 Å². The van der Waals surface area contributed by atoms with Crippen LogP contribution in [0.4, 0.5) is 5.69 Å². The summed E-state index contributed by atoms with van der Waals surface area (Å²) in [5, 5.41) is 24.0. The third-order valence-corrected chi connectivity index (χ3v) is 7.65. The van der Waals surface area contributed by atoms with Crippen LogP contribution in [0.1, 0.15) is 44.1 Å². The molecule has 1 saturated heterocycles. The number of hydrogen-bond donors (Lipinski definition) is 2. The molecule has 4 aromatic rings. The van der Waals surface area contributed by atoms with E-state index >= 15 is 0 Å². The Bertz CT molecular complexity index is 1650. The molecule has 3 aromatic carbocycles. The summed E-state index contributed by atoms with van der Waals surface area (Å²) in [6.07, 6.45) is 1.01. The van der Waals surface area contributed by atoms with E-state index in [1.54, 1.807) is 29.2 Å². The van der Waals surface area contributed by atoms with Crippen LogP contribution < -0.4 is 10.6 Å². The Hall–Kier alpha value is -4.78. The van der Waals surface area contributed by atoms with E-state index in [0.717, 1.165) is 36.3 Å². The summed E-state index contributed by atoms with van der Waals surface area (Å²) in [4.78, 5) is 29.5. The first kappa shape index (κ1) is 25.5. The van der Waals surface area contributed by atoms with Crippen LogP contribution in [0.5, 0.6) is 0 Å². The van der Waals surface area contributed by atoms with Gasteiger partial charge in [0.15, 0.2) is 5.69 Å². The van der Waals surface area contributed by atoms with Crippen LogP contribution >= 0.6 is 0 Å². The van der Waals surface area contributed by atoms with Crippen LogP contribution in [0.2, 0.25) is 0 Å². The number of aliphatic hydroxyl groups excluding tert-OH is 1. The Morgan fingerprint density at radius 2 is 1.85 bits per heavy atom. The lowest BCUT2D eigenvalue weighted by atomic mass is 9.98. The normalized spacial score (nSPS) is 17.1. The van der Waals surface area contributed by atoms with Gasteiger partial charge in [0.05, 0.1) is 11.8 Å². The highest BCUT2D eigenvalue weighted by Gasteiger charge is 2.33. The molecule has 0 radical (unpaired) electrons. The highest BCUT2D eigenvalue weighted by atomic mass is 16.3. The van der Waals surface area contributed by atoms with E-state index in [0.29, 0.717) is 36.5 Å². The fourth-order valence-electron chi connectivity index (χ4n) is 5.63. The van der Waals surface area contributed by atoms with Gasteiger partial charge >= 0.3 is 0 Å². The lowest BCUT2D eigenvalue weighted by Crippen LogP contribution is -2.38. The number of rotatable bonds is 6. The third kappa shape index (κ3) is 4.64. The maximum absolute atomic E-state index is 13.8. The SMILES string of the molecule is N#Cc1nn(-c2cccc(C(N)=O)c2)c2c1CCN(c1ccc(-c3ccccc3CN3CCC(O)C3)cc1)C2=O. The van der Waals surface area contributed by atoms with Crippen molar-refractivity contribution < 1.29 is 14.7 Å². The number of fused-ring (bicyclic) bond motifs is 1. The quantitative estimate of drug-likeness (QED) is 0.392. The Balaban J connectivity index is 1.30. The average molecular weight is 533 g/mol. The summed E-state index contributed by atoms with van der Waals surface area (Å²) in [6.45, 7) is 2.75. The molecular weight excluding hydrogens is 504 g/mol. The monoisotopic (exact) mass is 532 g/mol. The number of primary amides is 1. The molecule has 9 heteroatoms. The molecule has 40 heavy (non-hydrogen) atoms. The van der Waals surface area contributed by atoms with Gasteiger partial charge in [-0.3, -0.25) is 14.5 Å². The van der Waals surface area contributed by atoms with Crippen molar-refractivity contribution in [2.24, 2.45) is 5.73 Å². The molecular formula is C31H28N6O3. The average Bonchev–Trinajstić information content (AvgIpc) is 3.57. The molecule has 1 atom stereocenters. The van der Waals surface area contributed by atoms with Crippen LogP contribution in [-0.4, -0.2) is 57.3 Å². The van der Waals surface area contributed by atoms with Crippen molar-refractivity contribution in [1.82, 2.24) is 14.7 Å². The van der Waals surface area contributed by atoms with Gasteiger partial charge in [-0.05, 0) is 59.9 Å². The van der Waals surface area contributed by atoms with Crippen molar-refractivity contribution >= 4 is 17.5 Å². The van der Waals surface area contributed by atoms with Crippen molar-refractivity contribution in [2.75, 3.05) is 24.5 Å². The molecule has 2 aliphatic heterocycles. The molecule has 1 unspecified atom stereocenters. The Labute approximate surface area is 231 Å². The number of amides is 2. The zero-order chi connectivity index (χ0) is 27.8. The Morgan fingerprint density at radius 3 is 2.58 bits per heavy atom. The van der Waals surface area contributed by atoms with Gasteiger partial charge in [0.2, 0.25) is 5.91 Å². The van der Waals surface area contributed by atoms with Gasteiger partial charge < -0.3 is 15.7 Å². The molecule has 1 aromatic heterocycles. The van der Waals surface area contributed by atoms with Crippen molar-refractivity contribution in [2.45, 2.75) is 25.5 Å².